The van der Waals surface area contributed by atoms with Crippen LogP contribution < -0.4 is 0 Å². The van der Waals surface area contributed by atoms with Crippen molar-refractivity contribution in [2.45, 2.75) is 71.0 Å². The highest BCUT2D eigenvalue weighted by molar-refractivity contribution is 4.74. The van der Waals surface area contributed by atoms with Crippen LogP contribution in [0.3, 0.4) is 0 Å². The van der Waals surface area contributed by atoms with Crippen molar-refractivity contribution in [2.75, 3.05) is 0 Å². The lowest BCUT2D eigenvalue weighted by Crippen LogP contribution is -2.23. The van der Waals surface area contributed by atoms with Crippen LogP contribution in [-0.4, -0.2) is 22.4 Å². The van der Waals surface area contributed by atoms with Gasteiger partial charge in [-0.1, -0.05) is 39.5 Å². The zero-order valence-corrected chi connectivity index (χ0v) is 10.2. The Kier molecular flexibility index (Phi) is 5.62. The van der Waals surface area contributed by atoms with Crippen molar-refractivity contribution in [2.24, 2.45) is 11.8 Å². The third-order valence-electron chi connectivity index (χ3n) is 3.80. The second-order valence-electron chi connectivity index (χ2n) is 5.23. The summed E-state index contributed by atoms with van der Waals surface area (Å²) in [6, 6.07) is 0. The minimum atomic E-state index is -0.247. The SMILES string of the molecule is CCC(O)C(C)CC(O)CC1CCCC1. The summed E-state index contributed by atoms with van der Waals surface area (Å²) >= 11 is 0. The van der Waals surface area contributed by atoms with Crippen molar-refractivity contribution < 1.29 is 10.2 Å². The first-order valence-electron chi connectivity index (χ1n) is 6.49. The minimum Gasteiger partial charge on any atom is -0.393 e. The van der Waals surface area contributed by atoms with E-state index in [0.29, 0.717) is 0 Å². The summed E-state index contributed by atoms with van der Waals surface area (Å²) in [5, 5.41) is 19.5. The van der Waals surface area contributed by atoms with E-state index in [1.807, 2.05) is 13.8 Å². The van der Waals surface area contributed by atoms with Crippen LogP contribution in [0, 0.1) is 11.8 Å². The summed E-state index contributed by atoms with van der Waals surface area (Å²) in [4.78, 5) is 0. The molecule has 2 N–H and O–H groups in total. The van der Waals surface area contributed by atoms with Gasteiger partial charge in [0.05, 0.1) is 12.2 Å². The molecule has 1 aliphatic rings. The van der Waals surface area contributed by atoms with E-state index in [-0.39, 0.29) is 18.1 Å². The lowest BCUT2D eigenvalue weighted by Gasteiger charge is -2.22. The second-order valence-corrected chi connectivity index (χ2v) is 5.23. The molecule has 1 aliphatic carbocycles. The van der Waals surface area contributed by atoms with Gasteiger partial charge in [-0.25, -0.2) is 0 Å². The Morgan fingerprint density at radius 2 is 1.80 bits per heavy atom. The van der Waals surface area contributed by atoms with Crippen LogP contribution in [0.15, 0.2) is 0 Å². The van der Waals surface area contributed by atoms with Gasteiger partial charge in [0.25, 0.3) is 0 Å². The fourth-order valence-electron chi connectivity index (χ4n) is 2.72. The molecular formula is C13H26O2. The quantitative estimate of drug-likeness (QED) is 0.713. The number of aliphatic hydroxyl groups excluding tert-OH is 2. The molecule has 1 fully saturated rings. The third-order valence-corrected chi connectivity index (χ3v) is 3.80. The predicted octanol–water partition coefficient (Wildman–Crippen LogP) is 2.72. The van der Waals surface area contributed by atoms with Crippen LogP contribution in [0.2, 0.25) is 0 Å². The molecule has 0 amide bonds. The molecule has 0 aromatic rings. The average Bonchev–Trinajstić information content (AvgIpc) is 2.68. The minimum absolute atomic E-state index is 0.204. The summed E-state index contributed by atoms with van der Waals surface area (Å²) in [6.45, 7) is 4.02. The molecule has 0 radical (unpaired) electrons. The Labute approximate surface area is 93.7 Å². The van der Waals surface area contributed by atoms with Gasteiger partial charge in [-0.2, -0.15) is 0 Å². The van der Waals surface area contributed by atoms with Crippen LogP contribution in [0.4, 0.5) is 0 Å². The normalized spacial score (nSPS) is 24.0. The van der Waals surface area contributed by atoms with Gasteiger partial charge in [0.2, 0.25) is 0 Å². The molecule has 1 rings (SSSR count). The van der Waals surface area contributed by atoms with Crippen LogP contribution in [-0.2, 0) is 0 Å². The predicted molar refractivity (Wildman–Crippen MR) is 62.7 cm³/mol. The van der Waals surface area contributed by atoms with Crippen molar-refractivity contribution in [3.8, 4) is 0 Å². The number of hydrogen-bond donors (Lipinski definition) is 2. The Balaban J connectivity index is 2.19. The Morgan fingerprint density at radius 3 is 2.33 bits per heavy atom. The monoisotopic (exact) mass is 214 g/mol. The summed E-state index contributed by atoms with van der Waals surface area (Å²) in [5.74, 6) is 0.970. The van der Waals surface area contributed by atoms with Gasteiger partial charge in [-0.05, 0) is 31.1 Å². The molecule has 90 valence electrons. The van der Waals surface area contributed by atoms with E-state index in [9.17, 15) is 10.2 Å². The van der Waals surface area contributed by atoms with Crippen molar-refractivity contribution in [3.63, 3.8) is 0 Å². The molecule has 0 spiro atoms. The van der Waals surface area contributed by atoms with Crippen molar-refractivity contribution in [1.82, 2.24) is 0 Å². The molecule has 0 aliphatic heterocycles. The number of rotatable bonds is 6. The van der Waals surface area contributed by atoms with Gasteiger partial charge in [0.1, 0.15) is 0 Å². The van der Waals surface area contributed by atoms with E-state index in [4.69, 9.17) is 0 Å². The van der Waals surface area contributed by atoms with Crippen LogP contribution >= 0.6 is 0 Å². The topological polar surface area (TPSA) is 40.5 Å². The van der Waals surface area contributed by atoms with Gasteiger partial charge in [-0.15, -0.1) is 0 Å². The van der Waals surface area contributed by atoms with Gasteiger partial charge in [-0.3, -0.25) is 0 Å². The molecule has 3 unspecified atom stereocenters. The van der Waals surface area contributed by atoms with E-state index in [1.165, 1.54) is 25.7 Å². The molecule has 0 aromatic carbocycles. The summed E-state index contributed by atoms with van der Waals surface area (Å²) in [5.41, 5.74) is 0. The largest absolute Gasteiger partial charge is 0.393 e. The average molecular weight is 214 g/mol. The van der Waals surface area contributed by atoms with E-state index in [2.05, 4.69) is 0 Å². The molecular weight excluding hydrogens is 188 g/mol. The second kappa shape index (κ2) is 6.49. The highest BCUT2D eigenvalue weighted by Gasteiger charge is 2.22. The molecule has 1 saturated carbocycles. The van der Waals surface area contributed by atoms with Gasteiger partial charge < -0.3 is 10.2 Å². The van der Waals surface area contributed by atoms with E-state index in [1.54, 1.807) is 0 Å². The zero-order valence-electron chi connectivity index (χ0n) is 10.2. The lowest BCUT2D eigenvalue weighted by atomic mass is 9.91. The highest BCUT2D eigenvalue weighted by atomic mass is 16.3. The fraction of sp³-hybridized carbons (Fsp3) is 1.00. The molecule has 2 heteroatoms. The summed E-state index contributed by atoms with van der Waals surface area (Å²) in [7, 11) is 0. The van der Waals surface area contributed by atoms with Crippen LogP contribution in [0.5, 0.6) is 0 Å². The van der Waals surface area contributed by atoms with Crippen molar-refractivity contribution in [3.05, 3.63) is 0 Å². The van der Waals surface area contributed by atoms with E-state index < -0.39 is 0 Å². The van der Waals surface area contributed by atoms with E-state index >= 15 is 0 Å². The van der Waals surface area contributed by atoms with E-state index in [0.717, 1.165) is 25.2 Å². The smallest absolute Gasteiger partial charge is 0.0564 e. The molecule has 3 atom stereocenters. The maximum Gasteiger partial charge on any atom is 0.0564 e. The standard InChI is InChI=1S/C13H26O2/c1-3-13(15)10(2)8-12(14)9-11-6-4-5-7-11/h10-15H,3-9H2,1-2H3. The Hall–Kier alpha value is -0.0800. The molecule has 15 heavy (non-hydrogen) atoms. The fourth-order valence-corrected chi connectivity index (χ4v) is 2.72. The molecule has 0 bridgehead atoms. The first-order valence-corrected chi connectivity index (χ1v) is 6.49. The van der Waals surface area contributed by atoms with Crippen LogP contribution in [0.25, 0.3) is 0 Å². The molecule has 0 saturated heterocycles. The van der Waals surface area contributed by atoms with Crippen molar-refractivity contribution >= 4 is 0 Å². The zero-order chi connectivity index (χ0) is 11.3. The maximum absolute atomic E-state index is 9.91. The number of aliphatic hydroxyl groups is 2. The molecule has 0 heterocycles. The maximum atomic E-state index is 9.91. The Morgan fingerprint density at radius 1 is 1.20 bits per heavy atom. The summed E-state index contributed by atoms with van der Waals surface area (Å²) < 4.78 is 0. The molecule has 0 aromatic heterocycles. The first-order chi connectivity index (χ1) is 7.13. The lowest BCUT2D eigenvalue weighted by molar-refractivity contribution is 0.0571. The van der Waals surface area contributed by atoms with Gasteiger partial charge >= 0.3 is 0 Å². The highest BCUT2D eigenvalue weighted by Crippen LogP contribution is 2.30. The molecule has 2 nitrogen and oxygen atoms in total. The third kappa shape index (κ3) is 4.52. The van der Waals surface area contributed by atoms with Gasteiger partial charge in [0.15, 0.2) is 0 Å². The first kappa shape index (κ1) is 13.0. The van der Waals surface area contributed by atoms with Crippen molar-refractivity contribution in [1.29, 1.82) is 0 Å². The van der Waals surface area contributed by atoms with Gasteiger partial charge in [0, 0.05) is 0 Å². The Bertz CT molecular complexity index is 164. The number of hydrogen-bond acceptors (Lipinski definition) is 2. The van der Waals surface area contributed by atoms with Crippen LogP contribution in [0.1, 0.15) is 58.8 Å². The summed E-state index contributed by atoms with van der Waals surface area (Å²) in [6.07, 6.45) is 7.30.